The Morgan fingerprint density at radius 1 is 1.33 bits per heavy atom. The van der Waals surface area contributed by atoms with Crippen LogP contribution in [-0.4, -0.2) is 14.9 Å². The molecule has 1 heterocycles. The molecule has 2 aromatic rings. The van der Waals surface area contributed by atoms with Crippen LogP contribution in [0.5, 0.6) is 0 Å². The standard InChI is InChI=1S/C14H17BrN2O/c1-4-17-13(12(15)9-16-17)14(3,18)11-7-5-10(2)6-8-11/h5-9,18H,4H2,1-3H3. The first-order chi connectivity index (χ1) is 8.46. The molecule has 0 amide bonds. The summed E-state index contributed by atoms with van der Waals surface area (Å²) in [6.07, 6.45) is 1.72. The highest BCUT2D eigenvalue weighted by Crippen LogP contribution is 2.34. The van der Waals surface area contributed by atoms with Crippen LogP contribution in [0, 0.1) is 6.92 Å². The number of benzene rings is 1. The Bertz CT molecular complexity index is 543. The monoisotopic (exact) mass is 308 g/mol. The summed E-state index contributed by atoms with van der Waals surface area (Å²) in [5, 5.41) is 15.1. The molecule has 2 rings (SSSR count). The first kappa shape index (κ1) is 13.3. The number of rotatable bonds is 3. The number of nitrogens with zero attached hydrogens (tertiary/aromatic N) is 2. The van der Waals surface area contributed by atoms with Crippen molar-refractivity contribution in [3.63, 3.8) is 0 Å². The summed E-state index contributed by atoms with van der Waals surface area (Å²) in [6.45, 7) is 6.56. The maximum atomic E-state index is 10.8. The van der Waals surface area contributed by atoms with Gasteiger partial charge < -0.3 is 5.11 Å². The van der Waals surface area contributed by atoms with Gasteiger partial charge in [0.1, 0.15) is 5.60 Å². The third kappa shape index (κ3) is 2.22. The lowest BCUT2D eigenvalue weighted by Gasteiger charge is -2.25. The molecule has 3 nitrogen and oxygen atoms in total. The molecule has 1 atom stereocenters. The highest BCUT2D eigenvalue weighted by atomic mass is 79.9. The third-order valence-corrected chi connectivity index (χ3v) is 3.75. The number of aliphatic hydroxyl groups is 1. The molecule has 0 aliphatic carbocycles. The Morgan fingerprint density at radius 3 is 2.50 bits per heavy atom. The highest BCUT2D eigenvalue weighted by molar-refractivity contribution is 9.10. The summed E-state index contributed by atoms with van der Waals surface area (Å²) in [4.78, 5) is 0. The number of aryl methyl sites for hydroxylation is 2. The summed E-state index contributed by atoms with van der Waals surface area (Å²) in [6, 6.07) is 7.91. The normalized spacial score (nSPS) is 14.5. The Hall–Kier alpha value is -1.13. The van der Waals surface area contributed by atoms with Crippen molar-refractivity contribution in [1.82, 2.24) is 9.78 Å². The van der Waals surface area contributed by atoms with Gasteiger partial charge in [0.15, 0.2) is 0 Å². The molecule has 0 aliphatic rings. The van der Waals surface area contributed by atoms with Crippen LogP contribution in [0.4, 0.5) is 0 Å². The molecule has 4 heteroatoms. The van der Waals surface area contributed by atoms with Crippen LogP contribution < -0.4 is 0 Å². The summed E-state index contributed by atoms with van der Waals surface area (Å²) in [5.41, 5.74) is 1.77. The number of hydrogen-bond acceptors (Lipinski definition) is 2. The SMILES string of the molecule is CCn1ncc(Br)c1C(C)(O)c1ccc(C)cc1. The van der Waals surface area contributed by atoms with Gasteiger partial charge in [-0.25, -0.2) is 0 Å². The molecule has 0 saturated carbocycles. The van der Waals surface area contributed by atoms with Gasteiger partial charge in [-0.1, -0.05) is 29.8 Å². The van der Waals surface area contributed by atoms with Crippen molar-refractivity contribution in [2.24, 2.45) is 0 Å². The Labute approximate surface area is 116 Å². The van der Waals surface area contributed by atoms with E-state index in [4.69, 9.17) is 0 Å². The van der Waals surface area contributed by atoms with E-state index in [1.807, 2.05) is 42.8 Å². The number of halogens is 1. The van der Waals surface area contributed by atoms with Gasteiger partial charge >= 0.3 is 0 Å². The second-order valence-corrected chi connectivity index (χ2v) is 5.45. The minimum absolute atomic E-state index is 0.725. The molecule has 0 saturated heterocycles. The van der Waals surface area contributed by atoms with Gasteiger partial charge in [-0.3, -0.25) is 4.68 Å². The van der Waals surface area contributed by atoms with Crippen molar-refractivity contribution in [1.29, 1.82) is 0 Å². The van der Waals surface area contributed by atoms with E-state index in [0.29, 0.717) is 0 Å². The molecule has 1 unspecified atom stereocenters. The van der Waals surface area contributed by atoms with Crippen molar-refractivity contribution in [2.75, 3.05) is 0 Å². The molecule has 0 fully saturated rings. The zero-order chi connectivity index (χ0) is 13.3. The van der Waals surface area contributed by atoms with Gasteiger partial charge in [-0.15, -0.1) is 0 Å². The van der Waals surface area contributed by atoms with Crippen molar-refractivity contribution in [3.8, 4) is 0 Å². The van der Waals surface area contributed by atoms with Crippen LogP contribution in [0.2, 0.25) is 0 Å². The highest BCUT2D eigenvalue weighted by Gasteiger charge is 2.31. The van der Waals surface area contributed by atoms with E-state index in [-0.39, 0.29) is 0 Å². The van der Waals surface area contributed by atoms with Gasteiger partial charge in [0.25, 0.3) is 0 Å². The average molecular weight is 309 g/mol. The molecule has 0 spiro atoms. The number of aromatic nitrogens is 2. The van der Waals surface area contributed by atoms with Crippen LogP contribution in [0.3, 0.4) is 0 Å². The summed E-state index contributed by atoms with van der Waals surface area (Å²) in [7, 11) is 0. The van der Waals surface area contributed by atoms with Crippen molar-refractivity contribution >= 4 is 15.9 Å². The number of hydrogen-bond donors (Lipinski definition) is 1. The first-order valence-electron chi connectivity index (χ1n) is 5.98. The predicted octanol–water partition coefficient (Wildman–Crippen LogP) is 3.23. The summed E-state index contributed by atoms with van der Waals surface area (Å²) >= 11 is 3.46. The van der Waals surface area contributed by atoms with Gasteiger partial charge in [0, 0.05) is 6.54 Å². The van der Waals surface area contributed by atoms with Gasteiger partial charge in [0.05, 0.1) is 16.4 Å². The second kappa shape index (κ2) is 4.86. The molecule has 0 aliphatic heterocycles. The van der Waals surface area contributed by atoms with E-state index in [1.54, 1.807) is 13.1 Å². The van der Waals surface area contributed by atoms with E-state index >= 15 is 0 Å². The maximum absolute atomic E-state index is 10.8. The van der Waals surface area contributed by atoms with E-state index in [2.05, 4.69) is 21.0 Å². The van der Waals surface area contributed by atoms with Crippen molar-refractivity contribution in [2.45, 2.75) is 32.9 Å². The molecular formula is C14H17BrN2O. The van der Waals surface area contributed by atoms with Crippen LogP contribution in [0.15, 0.2) is 34.9 Å². The fraction of sp³-hybridized carbons (Fsp3) is 0.357. The van der Waals surface area contributed by atoms with E-state index in [0.717, 1.165) is 22.3 Å². The minimum atomic E-state index is -1.06. The van der Waals surface area contributed by atoms with Crippen LogP contribution >= 0.6 is 15.9 Å². The molecule has 1 aromatic carbocycles. The molecule has 0 bridgehead atoms. The van der Waals surface area contributed by atoms with Crippen LogP contribution in [0.1, 0.15) is 30.7 Å². The van der Waals surface area contributed by atoms with Gasteiger partial charge in [0.2, 0.25) is 0 Å². The van der Waals surface area contributed by atoms with E-state index in [1.165, 1.54) is 5.56 Å². The fourth-order valence-electron chi connectivity index (χ4n) is 2.10. The van der Waals surface area contributed by atoms with Gasteiger partial charge in [-0.05, 0) is 42.3 Å². The molecule has 96 valence electrons. The Morgan fingerprint density at radius 2 is 1.94 bits per heavy atom. The summed E-state index contributed by atoms with van der Waals surface area (Å²) < 4.78 is 2.64. The lowest BCUT2D eigenvalue weighted by Crippen LogP contribution is -2.27. The first-order valence-corrected chi connectivity index (χ1v) is 6.77. The molecule has 1 N–H and O–H groups in total. The topological polar surface area (TPSA) is 38.0 Å². The zero-order valence-corrected chi connectivity index (χ0v) is 12.4. The minimum Gasteiger partial charge on any atom is -0.379 e. The van der Waals surface area contributed by atoms with E-state index in [9.17, 15) is 5.11 Å². The fourth-order valence-corrected chi connectivity index (χ4v) is 2.78. The zero-order valence-electron chi connectivity index (χ0n) is 10.8. The third-order valence-electron chi connectivity index (χ3n) is 3.17. The molecule has 0 radical (unpaired) electrons. The van der Waals surface area contributed by atoms with E-state index < -0.39 is 5.60 Å². The molecular weight excluding hydrogens is 292 g/mol. The van der Waals surface area contributed by atoms with Crippen LogP contribution in [0.25, 0.3) is 0 Å². The van der Waals surface area contributed by atoms with Gasteiger partial charge in [-0.2, -0.15) is 5.10 Å². The Balaban J connectivity index is 2.53. The lowest BCUT2D eigenvalue weighted by molar-refractivity contribution is 0.0909. The van der Waals surface area contributed by atoms with Crippen molar-refractivity contribution in [3.05, 3.63) is 51.8 Å². The average Bonchev–Trinajstić information content (AvgIpc) is 2.71. The largest absolute Gasteiger partial charge is 0.379 e. The smallest absolute Gasteiger partial charge is 0.129 e. The second-order valence-electron chi connectivity index (χ2n) is 4.60. The predicted molar refractivity (Wildman–Crippen MR) is 75.5 cm³/mol. The lowest BCUT2D eigenvalue weighted by atomic mass is 9.92. The quantitative estimate of drug-likeness (QED) is 0.945. The van der Waals surface area contributed by atoms with Crippen molar-refractivity contribution < 1.29 is 5.11 Å². The summed E-state index contributed by atoms with van der Waals surface area (Å²) in [5.74, 6) is 0. The van der Waals surface area contributed by atoms with Crippen LogP contribution in [-0.2, 0) is 12.1 Å². The molecule has 1 aromatic heterocycles. The molecule has 18 heavy (non-hydrogen) atoms. The Kier molecular flexibility index (Phi) is 3.59. The maximum Gasteiger partial charge on any atom is 0.129 e.